The zero-order chi connectivity index (χ0) is 22.0. The topological polar surface area (TPSA) is 211 Å². The summed E-state index contributed by atoms with van der Waals surface area (Å²) in [6.07, 6.45) is -0.838. The van der Waals surface area contributed by atoms with Crippen LogP contribution in [-0.4, -0.2) is 81.7 Å². The van der Waals surface area contributed by atoms with Crippen LogP contribution >= 0.6 is 0 Å². The summed E-state index contributed by atoms with van der Waals surface area (Å²) in [5, 5.41) is 35.3. The van der Waals surface area contributed by atoms with Crippen LogP contribution in [0, 0.1) is 0 Å². The number of carbonyl (C=O) groups excluding carboxylic acids is 4. The second-order valence-electron chi connectivity index (χ2n) is 5.89. The average molecular weight is 404 g/mol. The lowest BCUT2D eigenvalue weighted by Gasteiger charge is -2.22. The highest BCUT2D eigenvalue weighted by Crippen LogP contribution is 1.98. The molecular formula is C15H24N4O9. The van der Waals surface area contributed by atoms with Gasteiger partial charge < -0.3 is 36.6 Å². The van der Waals surface area contributed by atoms with Crippen molar-refractivity contribution in [1.82, 2.24) is 21.3 Å². The molecule has 13 nitrogen and oxygen atoms in total. The molecule has 0 aromatic heterocycles. The Hall–Kier alpha value is -3.22. The molecule has 158 valence electrons. The summed E-state index contributed by atoms with van der Waals surface area (Å²) in [6.45, 7) is 2.74. The van der Waals surface area contributed by atoms with E-state index in [0.717, 1.165) is 6.92 Å². The molecule has 4 atom stereocenters. The lowest BCUT2D eigenvalue weighted by atomic mass is 10.1. The van der Waals surface area contributed by atoms with E-state index in [1.165, 1.54) is 13.8 Å². The van der Waals surface area contributed by atoms with Crippen LogP contribution in [0.25, 0.3) is 0 Å². The molecule has 0 radical (unpaired) electrons. The van der Waals surface area contributed by atoms with Gasteiger partial charge in [0.25, 0.3) is 0 Å². The van der Waals surface area contributed by atoms with E-state index in [-0.39, 0.29) is 0 Å². The Morgan fingerprint density at radius 1 is 0.750 bits per heavy atom. The van der Waals surface area contributed by atoms with Crippen LogP contribution in [-0.2, 0) is 28.8 Å². The minimum Gasteiger partial charge on any atom is -0.481 e. The van der Waals surface area contributed by atoms with Crippen molar-refractivity contribution in [2.24, 2.45) is 0 Å². The molecule has 0 fully saturated rings. The zero-order valence-electron chi connectivity index (χ0n) is 15.5. The number of nitrogens with one attached hydrogen (secondary N) is 4. The summed E-state index contributed by atoms with van der Waals surface area (Å²) in [5.41, 5.74) is 0. The standard InChI is InChI=1S/C15H24N4O9/c1-6(12(24)17-7(2)15(27)28)16-13(25)9(4-11(22)23)19-14(26)10(5-20)18-8(3)21/h6-7,9-10,20H,4-5H2,1-3H3,(H,16,25)(H,17,24)(H,18,21)(H,19,26)(H,22,23)(H,27,28)/t6-,7-,9-,10-/m0/s1. The highest BCUT2D eigenvalue weighted by Gasteiger charge is 2.30. The molecule has 0 bridgehead atoms. The average Bonchev–Trinajstić information content (AvgIpc) is 2.57. The SMILES string of the molecule is CC(=O)N[C@@H](CO)C(=O)N[C@@H](CC(=O)O)C(=O)N[C@@H](C)C(=O)N[C@@H](C)C(=O)O. The van der Waals surface area contributed by atoms with Gasteiger partial charge in [0.1, 0.15) is 24.2 Å². The number of carboxylic acids is 2. The quantitative estimate of drug-likeness (QED) is 0.182. The third kappa shape index (κ3) is 8.93. The van der Waals surface area contributed by atoms with Gasteiger partial charge in [0.05, 0.1) is 13.0 Å². The fourth-order valence-electron chi connectivity index (χ4n) is 1.88. The molecular weight excluding hydrogens is 380 g/mol. The molecule has 0 unspecified atom stereocenters. The first-order valence-electron chi connectivity index (χ1n) is 8.12. The fraction of sp³-hybridized carbons (Fsp3) is 0.600. The number of carboxylic acid groups (broad SMARTS) is 2. The first kappa shape index (κ1) is 24.8. The smallest absolute Gasteiger partial charge is 0.325 e. The largest absolute Gasteiger partial charge is 0.481 e. The van der Waals surface area contributed by atoms with Gasteiger partial charge in [0, 0.05) is 6.92 Å². The van der Waals surface area contributed by atoms with Crippen molar-refractivity contribution in [1.29, 1.82) is 0 Å². The zero-order valence-corrected chi connectivity index (χ0v) is 15.5. The van der Waals surface area contributed by atoms with Crippen LogP contribution in [0.3, 0.4) is 0 Å². The fourth-order valence-corrected chi connectivity index (χ4v) is 1.88. The van der Waals surface area contributed by atoms with Crippen molar-refractivity contribution < 1.29 is 44.1 Å². The van der Waals surface area contributed by atoms with Gasteiger partial charge in [0.15, 0.2) is 0 Å². The van der Waals surface area contributed by atoms with Gasteiger partial charge in [-0.1, -0.05) is 0 Å². The minimum absolute atomic E-state index is 0.633. The Balaban J connectivity index is 5.08. The van der Waals surface area contributed by atoms with Crippen LogP contribution in [0.1, 0.15) is 27.2 Å². The van der Waals surface area contributed by atoms with Gasteiger partial charge in [0.2, 0.25) is 23.6 Å². The summed E-state index contributed by atoms with van der Waals surface area (Å²) < 4.78 is 0. The summed E-state index contributed by atoms with van der Waals surface area (Å²) in [6, 6.07) is -5.46. The molecule has 0 aromatic carbocycles. The molecule has 7 N–H and O–H groups in total. The highest BCUT2D eigenvalue weighted by atomic mass is 16.4. The number of aliphatic carboxylic acids is 2. The molecule has 0 rings (SSSR count). The van der Waals surface area contributed by atoms with Crippen LogP contribution < -0.4 is 21.3 Å². The van der Waals surface area contributed by atoms with Gasteiger partial charge >= 0.3 is 11.9 Å². The van der Waals surface area contributed by atoms with Crippen LogP contribution in [0.4, 0.5) is 0 Å². The van der Waals surface area contributed by atoms with E-state index in [9.17, 15) is 28.8 Å². The van der Waals surface area contributed by atoms with Crippen LogP contribution in [0.15, 0.2) is 0 Å². The number of carbonyl (C=O) groups is 6. The van der Waals surface area contributed by atoms with Gasteiger partial charge in [-0.2, -0.15) is 0 Å². The predicted octanol–water partition coefficient (Wildman–Crippen LogP) is -3.46. The molecule has 0 spiro atoms. The number of aliphatic hydroxyl groups is 1. The molecule has 0 aromatic rings. The van der Waals surface area contributed by atoms with E-state index in [1.807, 2.05) is 0 Å². The molecule has 0 aliphatic heterocycles. The molecule has 28 heavy (non-hydrogen) atoms. The van der Waals surface area contributed by atoms with E-state index < -0.39 is 72.8 Å². The van der Waals surface area contributed by atoms with E-state index in [4.69, 9.17) is 15.3 Å². The predicted molar refractivity (Wildman–Crippen MR) is 91.7 cm³/mol. The van der Waals surface area contributed by atoms with E-state index in [0.29, 0.717) is 0 Å². The summed E-state index contributed by atoms with van der Waals surface area (Å²) in [4.78, 5) is 68.9. The molecule has 4 amide bonds. The summed E-state index contributed by atoms with van der Waals surface area (Å²) >= 11 is 0. The van der Waals surface area contributed by atoms with E-state index >= 15 is 0 Å². The van der Waals surface area contributed by atoms with Crippen LogP contribution in [0.2, 0.25) is 0 Å². The Morgan fingerprint density at radius 2 is 1.25 bits per heavy atom. The minimum atomic E-state index is -1.61. The lowest BCUT2D eigenvalue weighted by Crippen LogP contribution is -2.57. The lowest BCUT2D eigenvalue weighted by molar-refractivity contribution is -0.143. The number of rotatable bonds is 11. The molecule has 0 saturated heterocycles. The van der Waals surface area contributed by atoms with Crippen molar-refractivity contribution in [2.75, 3.05) is 6.61 Å². The maximum Gasteiger partial charge on any atom is 0.325 e. The molecule has 0 aliphatic rings. The Bertz CT molecular complexity index is 637. The van der Waals surface area contributed by atoms with Gasteiger partial charge in [-0.15, -0.1) is 0 Å². The van der Waals surface area contributed by atoms with Crippen molar-refractivity contribution in [3.63, 3.8) is 0 Å². The number of amides is 4. The molecule has 0 aliphatic carbocycles. The second-order valence-corrected chi connectivity index (χ2v) is 5.89. The normalized spacial score (nSPS) is 14.6. The highest BCUT2D eigenvalue weighted by molar-refractivity contribution is 5.96. The van der Waals surface area contributed by atoms with Crippen molar-refractivity contribution >= 4 is 35.6 Å². The Morgan fingerprint density at radius 3 is 1.68 bits per heavy atom. The van der Waals surface area contributed by atoms with Gasteiger partial charge in [-0.3, -0.25) is 28.8 Å². The molecule has 0 heterocycles. The third-order valence-corrected chi connectivity index (χ3v) is 3.37. The van der Waals surface area contributed by atoms with Crippen LogP contribution in [0.5, 0.6) is 0 Å². The Kier molecular flexibility index (Phi) is 10.2. The number of hydrogen-bond acceptors (Lipinski definition) is 7. The second kappa shape index (κ2) is 11.5. The van der Waals surface area contributed by atoms with Crippen molar-refractivity contribution in [3.8, 4) is 0 Å². The van der Waals surface area contributed by atoms with Gasteiger partial charge in [-0.25, -0.2) is 0 Å². The maximum atomic E-state index is 12.2. The summed E-state index contributed by atoms with van der Waals surface area (Å²) in [5.74, 6) is -6.23. The summed E-state index contributed by atoms with van der Waals surface area (Å²) in [7, 11) is 0. The number of aliphatic hydroxyl groups excluding tert-OH is 1. The molecule has 0 saturated carbocycles. The van der Waals surface area contributed by atoms with Crippen molar-refractivity contribution in [2.45, 2.75) is 51.4 Å². The Labute approximate surface area is 159 Å². The molecule has 13 heteroatoms. The van der Waals surface area contributed by atoms with Gasteiger partial charge in [-0.05, 0) is 13.8 Å². The third-order valence-electron chi connectivity index (χ3n) is 3.37. The first-order valence-corrected chi connectivity index (χ1v) is 8.12. The van der Waals surface area contributed by atoms with Crippen molar-refractivity contribution in [3.05, 3.63) is 0 Å². The first-order chi connectivity index (χ1) is 12.9. The van der Waals surface area contributed by atoms with E-state index in [2.05, 4.69) is 21.3 Å². The van der Waals surface area contributed by atoms with E-state index in [1.54, 1.807) is 0 Å². The monoisotopic (exact) mass is 404 g/mol. The maximum absolute atomic E-state index is 12.2. The number of hydrogen-bond donors (Lipinski definition) is 7.